The molecule has 134 valence electrons. The highest BCUT2D eigenvalue weighted by molar-refractivity contribution is 6.02. The highest BCUT2D eigenvalue weighted by Crippen LogP contribution is 2.43. The first-order chi connectivity index (χ1) is 12.5. The van der Waals surface area contributed by atoms with E-state index in [1.54, 1.807) is 11.9 Å². The summed E-state index contributed by atoms with van der Waals surface area (Å²) in [5.74, 6) is -0.590. The highest BCUT2D eigenvalue weighted by atomic mass is 16.3. The number of carbonyl (C=O) groups is 1. The van der Waals surface area contributed by atoms with Crippen molar-refractivity contribution < 1.29 is 9.90 Å². The SMILES string of the molecule is CN1C(c2ccccc2)C(c2ccccc2)NC2N=C(N)NC(=O)C21O. The second-order valence-electron chi connectivity index (χ2n) is 6.62. The molecule has 0 aliphatic carbocycles. The van der Waals surface area contributed by atoms with Crippen LogP contribution in [0.25, 0.3) is 0 Å². The Morgan fingerprint density at radius 2 is 1.65 bits per heavy atom. The number of hydrogen-bond acceptors (Lipinski definition) is 6. The van der Waals surface area contributed by atoms with Crippen LogP contribution in [-0.4, -0.2) is 40.8 Å². The average molecular weight is 351 g/mol. The van der Waals surface area contributed by atoms with Crippen molar-refractivity contribution in [2.45, 2.75) is 24.0 Å². The first-order valence-corrected chi connectivity index (χ1v) is 8.48. The number of aliphatic hydroxyl groups is 1. The van der Waals surface area contributed by atoms with Crippen LogP contribution in [-0.2, 0) is 4.79 Å². The van der Waals surface area contributed by atoms with Gasteiger partial charge in [0.05, 0.1) is 12.1 Å². The van der Waals surface area contributed by atoms with Crippen LogP contribution in [0.5, 0.6) is 0 Å². The van der Waals surface area contributed by atoms with E-state index >= 15 is 0 Å². The van der Waals surface area contributed by atoms with Gasteiger partial charge in [0.2, 0.25) is 5.72 Å². The number of nitrogens with zero attached hydrogens (tertiary/aromatic N) is 2. The van der Waals surface area contributed by atoms with Gasteiger partial charge in [-0.2, -0.15) is 0 Å². The minimum atomic E-state index is -1.84. The third kappa shape index (κ3) is 2.48. The molecule has 4 atom stereocenters. The fraction of sp³-hybridized carbons (Fsp3) is 0.263. The Kier molecular flexibility index (Phi) is 3.99. The van der Waals surface area contributed by atoms with Crippen LogP contribution in [0.3, 0.4) is 0 Å². The molecule has 26 heavy (non-hydrogen) atoms. The number of guanidine groups is 1. The normalized spacial score (nSPS) is 31.7. The van der Waals surface area contributed by atoms with Gasteiger partial charge in [-0.15, -0.1) is 0 Å². The van der Waals surface area contributed by atoms with Crippen LogP contribution in [0.2, 0.25) is 0 Å². The van der Waals surface area contributed by atoms with Gasteiger partial charge in [-0.25, -0.2) is 4.99 Å². The molecule has 2 heterocycles. The van der Waals surface area contributed by atoms with E-state index < -0.39 is 17.8 Å². The lowest BCUT2D eigenvalue weighted by atomic mass is 9.86. The Morgan fingerprint density at radius 3 is 2.27 bits per heavy atom. The van der Waals surface area contributed by atoms with Gasteiger partial charge in [0.15, 0.2) is 12.1 Å². The van der Waals surface area contributed by atoms with Gasteiger partial charge in [-0.05, 0) is 18.2 Å². The lowest BCUT2D eigenvalue weighted by molar-refractivity contribution is -0.189. The van der Waals surface area contributed by atoms with Gasteiger partial charge in [-0.3, -0.25) is 20.3 Å². The molecule has 4 rings (SSSR count). The second-order valence-corrected chi connectivity index (χ2v) is 6.62. The standard InChI is InChI=1S/C19H21N5O2/c1-24-15(13-10-6-3-7-11-13)14(12-8-4-2-5-9-12)21-16-19(24,26)17(25)23-18(20)22-16/h2-11,14-16,21,26H,1H3,(H3,20,22,23,25). The molecule has 7 nitrogen and oxygen atoms in total. The summed E-state index contributed by atoms with van der Waals surface area (Å²) in [7, 11) is 1.73. The zero-order valence-corrected chi connectivity index (χ0v) is 14.3. The van der Waals surface area contributed by atoms with E-state index in [0.717, 1.165) is 11.1 Å². The maximum absolute atomic E-state index is 12.6. The first kappa shape index (κ1) is 16.7. The summed E-state index contributed by atoms with van der Waals surface area (Å²) in [6.07, 6.45) is -0.869. The number of nitrogens with one attached hydrogen (secondary N) is 2. The number of rotatable bonds is 2. The van der Waals surface area contributed by atoms with Crippen molar-refractivity contribution >= 4 is 11.9 Å². The first-order valence-electron chi connectivity index (χ1n) is 8.48. The number of fused-ring (bicyclic) bond motifs is 1. The van der Waals surface area contributed by atoms with E-state index in [1.165, 1.54) is 0 Å². The van der Waals surface area contributed by atoms with E-state index in [4.69, 9.17) is 5.73 Å². The van der Waals surface area contributed by atoms with Gasteiger partial charge in [0, 0.05) is 0 Å². The molecule has 5 N–H and O–H groups in total. The van der Waals surface area contributed by atoms with E-state index in [2.05, 4.69) is 15.6 Å². The molecule has 0 radical (unpaired) electrons. The summed E-state index contributed by atoms with van der Waals surface area (Å²) in [6, 6.07) is 19.2. The van der Waals surface area contributed by atoms with Gasteiger partial charge in [-0.1, -0.05) is 60.7 Å². The maximum Gasteiger partial charge on any atom is 0.278 e. The molecule has 2 aliphatic rings. The fourth-order valence-electron chi connectivity index (χ4n) is 3.80. The Hall–Kier alpha value is -2.74. The smallest absolute Gasteiger partial charge is 0.278 e. The topological polar surface area (TPSA) is 103 Å². The van der Waals surface area contributed by atoms with Gasteiger partial charge < -0.3 is 10.8 Å². The lowest BCUT2D eigenvalue weighted by Crippen LogP contribution is -2.75. The van der Waals surface area contributed by atoms with Crippen LogP contribution in [0.1, 0.15) is 23.2 Å². The molecule has 1 fully saturated rings. The summed E-state index contributed by atoms with van der Waals surface area (Å²) in [5.41, 5.74) is 5.90. The molecule has 0 spiro atoms. The summed E-state index contributed by atoms with van der Waals surface area (Å²) in [5, 5.41) is 17.0. The minimum absolute atomic E-state index is 0.00412. The zero-order valence-electron chi connectivity index (χ0n) is 14.3. The number of carbonyl (C=O) groups excluding carboxylic acids is 1. The number of hydrogen-bond donors (Lipinski definition) is 4. The minimum Gasteiger partial charge on any atom is -0.370 e. The Bertz CT molecular complexity index is 842. The maximum atomic E-state index is 12.6. The van der Waals surface area contributed by atoms with Gasteiger partial charge in [0.25, 0.3) is 5.91 Å². The van der Waals surface area contributed by atoms with E-state index in [9.17, 15) is 9.90 Å². The molecule has 0 bridgehead atoms. The Balaban J connectivity index is 1.85. The second kappa shape index (κ2) is 6.21. The van der Waals surface area contributed by atoms with Crippen LogP contribution in [0.4, 0.5) is 0 Å². The van der Waals surface area contributed by atoms with Crippen molar-refractivity contribution in [1.29, 1.82) is 0 Å². The van der Waals surface area contributed by atoms with Crippen molar-refractivity contribution in [1.82, 2.24) is 15.5 Å². The van der Waals surface area contributed by atoms with E-state index in [0.29, 0.717) is 0 Å². The average Bonchev–Trinajstić information content (AvgIpc) is 2.65. The van der Waals surface area contributed by atoms with Crippen molar-refractivity contribution in [3.8, 4) is 0 Å². The highest BCUT2D eigenvalue weighted by Gasteiger charge is 2.58. The number of likely N-dealkylation sites (N-methyl/N-ethyl adjacent to an activating group) is 1. The van der Waals surface area contributed by atoms with Crippen molar-refractivity contribution in [2.24, 2.45) is 10.7 Å². The van der Waals surface area contributed by atoms with E-state index in [-0.39, 0.29) is 18.0 Å². The summed E-state index contributed by atoms with van der Waals surface area (Å²) in [6.45, 7) is 0. The van der Waals surface area contributed by atoms with Gasteiger partial charge in [0.1, 0.15) is 0 Å². The number of amides is 1. The number of piperazine rings is 1. The zero-order chi connectivity index (χ0) is 18.3. The Labute approximate surface area is 151 Å². The molecule has 2 aromatic rings. The molecule has 2 aromatic carbocycles. The van der Waals surface area contributed by atoms with Crippen LogP contribution in [0.15, 0.2) is 65.7 Å². The quantitative estimate of drug-likeness (QED) is 0.630. The molecular formula is C19H21N5O2. The summed E-state index contributed by atoms with van der Waals surface area (Å²) < 4.78 is 0. The van der Waals surface area contributed by atoms with Crippen molar-refractivity contribution in [2.75, 3.05) is 7.05 Å². The molecule has 7 heteroatoms. The predicted molar refractivity (Wildman–Crippen MR) is 97.8 cm³/mol. The summed E-state index contributed by atoms with van der Waals surface area (Å²) >= 11 is 0. The molecule has 1 saturated heterocycles. The van der Waals surface area contributed by atoms with E-state index in [1.807, 2.05) is 60.7 Å². The Morgan fingerprint density at radius 1 is 1.08 bits per heavy atom. The molecule has 2 aliphatic heterocycles. The largest absolute Gasteiger partial charge is 0.370 e. The number of aliphatic imine (C=N–C) groups is 1. The fourth-order valence-corrected chi connectivity index (χ4v) is 3.80. The third-order valence-electron chi connectivity index (χ3n) is 5.13. The molecule has 1 amide bonds. The molecule has 4 unspecified atom stereocenters. The monoisotopic (exact) mass is 351 g/mol. The number of benzene rings is 2. The summed E-state index contributed by atoms with van der Waals surface area (Å²) in [4.78, 5) is 18.5. The predicted octanol–water partition coefficient (Wildman–Crippen LogP) is 0.463. The van der Waals surface area contributed by atoms with Crippen molar-refractivity contribution in [3.05, 3.63) is 71.8 Å². The molecule has 0 aromatic heterocycles. The lowest BCUT2D eigenvalue weighted by Gasteiger charge is -2.53. The van der Waals surface area contributed by atoms with Gasteiger partial charge >= 0.3 is 0 Å². The van der Waals surface area contributed by atoms with Crippen LogP contribution >= 0.6 is 0 Å². The van der Waals surface area contributed by atoms with Crippen molar-refractivity contribution in [3.63, 3.8) is 0 Å². The molecular weight excluding hydrogens is 330 g/mol. The third-order valence-corrected chi connectivity index (χ3v) is 5.13. The van der Waals surface area contributed by atoms with Crippen LogP contribution < -0.4 is 16.4 Å². The number of nitrogens with two attached hydrogens (primary N) is 1. The molecule has 0 saturated carbocycles. The van der Waals surface area contributed by atoms with Crippen LogP contribution in [0, 0.1) is 0 Å².